The topological polar surface area (TPSA) is 35.2 Å². The summed E-state index contributed by atoms with van der Waals surface area (Å²) < 4.78 is 5.23. The van der Waals surface area contributed by atoms with Crippen molar-refractivity contribution >= 4 is 0 Å². The standard InChI is InChI=1S/C13H21NO/c1-10(14)11-6-5-7-12(8-11)13(2,3)9-15-4/h5-8,10H,9,14H2,1-4H3. The van der Waals surface area contributed by atoms with E-state index in [1.807, 2.05) is 6.92 Å². The largest absolute Gasteiger partial charge is 0.384 e. The smallest absolute Gasteiger partial charge is 0.0553 e. The lowest BCUT2D eigenvalue weighted by atomic mass is 9.84. The Kier molecular flexibility index (Phi) is 3.89. The summed E-state index contributed by atoms with van der Waals surface area (Å²) in [7, 11) is 1.73. The maximum atomic E-state index is 5.87. The summed E-state index contributed by atoms with van der Waals surface area (Å²) in [5, 5.41) is 0. The van der Waals surface area contributed by atoms with E-state index in [2.05, 4.69) is 38.1 Å². The predicted octanol–water partition coefficient (Wildman–Crippen LogP) is 2.63. The van der Waals surface area contributed by atoms with Gasteiger partial charge in [0.05, 0.1) is 6.61 Å². The number of hydrogen-bond donors (Lipinski definition) is 1. The van der Waals surface area contributed by atoms with Gasteiger partial charge in [-0.1, -0.05) is 38.1 Å². The maximum Gasteiger partial charge on any atom is 0.0553 e. The molecule has 0 aliphatic carbocycles. The van der Waals surface area contributed by atoms with E-state index in [0.29, 0.717) is 0 Å². The molecule has 0 aliphatic rings. The van der Waals surface area contributed by atoms with Crippen LogP contribution < -0.4 is 5.73 Å². The highest BCUT2D eigenvalue weighted by atomic mass is 16.5. The zero-order chi connectivity index (χ0) is 11.5. The monoisotopic (exact) mass is 207 g/mol. The Morgan fingerprint density at radius 3 is 2.60 bits per heavy atom. The molecule has 84 valence electrons. The summed E-state index contributed by atoms with van der Waals surface area (Å²) in [6.07, 6.45) is 0. The highest BCUT2D eigenvalue weighted by Gasteiger charge is 2.20. The molecule has 0 spiro atoms. The lowest BCUT2D eigenvalue weighted by Crippen LogP contribution is -2.24. The average Bonchev–Trinajstić information content (AvgIpc) is 2.18. The number of methoxy groups -OCH3 is 1. The third-order valence-corrected chi connectivity index (χ3v) is 2.70. The van der Waals surface area contributed by atoms with Crippen LogP contribution >= 0.6 is 0 Å². The van der Waals surface area contributed by atoms with Gasteiger partial charge in [0.15, 0.2) is 0 Å². The second-order valence-corrected chi connectivity index (χ2v) is 4.73. The molecule has 15 heavy (non-hydrogen) atoms. The van der Waals surface area contributed by atoms with Gasteiger partial charge in [-0.2, -0.15) is 0 Å². The molecule has 0 saturated heterocycles. The molecule has 2 nitrogen and oxygen atoms in total. The second-order valence-electron chi connectivity index (χ2n) is 4.73. The van der Waals surface area contributed by atoms with Crippen LogP contribution in [0.25, 0.3) is 0 Å². The molecular formula is C13H21NO. The Morgan fingerprint density at radius 1 is 1.40 bits per heavy atom. The molecule has 1 unspecified atom stereocenters. The van der Waals surface area contributed by atoms with Crippen molar-refractivity contribution in [3.05, 3.63) is 35.4 Å². The molecule has 1 atom stereocenters. The molecule has 1 aromatic carbocycles. The fraction of sp³-hybridized carbons (Fsp3) is 0.538. The van der Waals surface area contributed by atoms with Gasteiger partial charge in [0.1, 0.15) is 0 Å². The normalized spacial score (nSPS) is 13.9. The Hall–Kier alpha value is -0.860. The minimum Gasteiger partial charge on any atom is -0.384 e. The van der Waals surface area contributed by atoms with Crippen molar-refractivity contribution in [3.8, 4) is 0 Å². The fourth-order valence-electron chi connectivity index (χ4n) is 1.69. The SMILES string of the molecule is COCC(C)(C)c1cccc(C(C)N)c1. The van der Waals surface area contributed by atoms with E-state index in [1.165, 1.54) is 11.1 Å². The van der Waals surface area contributed by atoms with Crippen LogP contribution in [0.2, 0.25) is 0 Å². The summed E-state index contributed by atoms with van der Waals surface area (Å²) >= 11 is 0. The summed E-state index contributed by atoms with van der Waals surface area (Å²) in [6, 6.07) is 8.51. The molecule has 0 radical (unpaired) electrons. The molecule has 2 N–H and O–H groups in total. The van der Waals surface area contributed by atoms with Gasteiger partial charge in [0.2, 0.25) is 0 Å². The first-order valence-corrected chi connectivity index (χ1v) is 5.32. The molecule has 1 rings (SSSR count). The summed E-state index contributed by atoms with van der Waals surface area (Å²) in [4.78, 5) is 0. The van der Waals surface area contributed by atoms with Gasteiger partial charge >= 0.3 is 0 Å². The average molecular weight is 207 g/mol. The van der Waals surface area contributed by atoms with Crippen LogP contribution in [-0.4, -0.2) is 13.7 Å². The maximum absolute atomic E-state index is 5.87. The van der Waals surface area contributed by atoms with Crippen LogP contribution in [0, 0.1) is 0 Å². The van der Waals surface area contributed by atoms with Crippen molar-refractivity contribution in [2.24, 2.45) is 5.73 Å². The summed E-state index contributed by atoms with van der Waals surface area (Å²) in [5.41, 5.74) is 8.36. The van der Waals surface area contributed by atoms with Gasteiger partial charge in [0, 0.05) is 18.6 Å². The van der Waals surface area contributed by atoms with Crippen molar-refractivity contribution < 1.29 is 4.74 Å². The Bertz CT molecular complexity index is 318. The number of nitrogens with two attached hydrogens (primary N) is 1. The van der Waals surface area contributed by atoms with E-state index in [1.54, 1.807) is 7.11 Å². The van der Waals surface area contributed by atoms with Crippen molar-refractivity contribution in [3.63, 3.8) is 0 Å². The van der Waals surface area contributed by atoms with Gasteiger partial charge in [-0.3, -0.25) is 0 Å². The predicted molar refractivity (Wildman–Crippen MR) is 63.9 cm³/mol. The molecular weight excluding hydrogens is 186 g/mol. The Balaban J connectivity index is 2.99. The first kappa shape index (κ1) is 12.2. The Labute approximate surface area is 92.4 Å². The molecule has 0 aliphatic heterocycles. The minimum atomic E-state index is 0.0413. The van der Waals surface area contributed by atoms with Crippen LogP contribution in [0.3, 0.4) is 0 Å². The summed E-state index contributed by atoms with van der Waals surface area (Å²) in [5.74, 6) is 0. The lowest BCUT2D eigenvalue weighted by Gasteiger charge is -2.25. The highest BCUT2D eigenvalue weighted by Crippen LogP contribution is 2.25. The number of benzene rings is 1. The Morgan fingerprint density at radius 2 is 2.07 bits per heavy atom. The quantitative estimate of drug-likeness (QED) is 0.823. The van der Waals surface area contributed by atoms with Gasteiger partial charge < -0.3 is 10.5 Å². The van der Waals surface area contributed by atoms with Crippen molar-refractivity contribution in [2.75, 3.05) is 13.7 Å². The molecule has 2 heteroatoms. The molecule has 0 bridgehead atoms. The van der Waals surface area contributed by atoms with Gasteiger partial charge in [-0.05, 0) is 18.1 Å². The summed E-state index contributed by atoms with van der Waals surface area (Å²) in [6.45, 7) is 7.07. The van der Waals surface area contributed by atoms with E-state index in [4.69, 9.17) is 10.5 Å². The minimum absolute atomic E-state index is 0.0413. The van der Waals surface area contributed by atoms with Crippen molar-refractivity contribution in [2.45, 2.75) is 32.2 Å². The van der Waals surface area contributed by atoms with Crippen LogP contribution in [0.1, 0.15) is 37.9 Å². The molecule has 0 aromatic heterocycles. The van der Waals surface area contributed by atoms with Gasteiger partial charge in [0.25, 0.3) is 0 Å². The van der Waals surface area contributed by atoms with Gasteiger partial charge in [-0.25, -0.2) is 0 Å². The third kappa shape index (κ3) is 3.05. The van der Waals surface area contributed by atoms with Gasteiger partial charge in [-0.15, -0.1) is 0 Å². The molecule has 0 fully saturated rings. The van der Waals surface area contributed by atoms with Crippen molar-refractivity contribution in [1.29, 1.82) is 0 Å². The number of hydrogen-bond acceptors (Lipinski definition) is 2. The van der Waals surface area contributed by atoms with E-state index in [0.717, 1.165) is 6.61 Å². The van der Waals surface area contributed by atoms with Crippen LogP contribution in [0.15, 0.2) is 24.3 Å². The number of ether oxygens (including phenoxy) is 1. The van der Waals surface area contributed by atoms with E-state index < -0.39 is 0 Å². The fourth-order valence-corrected chi connectivity index (χ4v) is 1.69. The zero-order valence-electron chi connectivity index (χ0n) is 10.1. The van der Waals surface area contributed by atoms with E-state index >= 15 is 0 Å². The number of rotatable bonds is 4. The molecule has 0 amide bonds. The van der Waals surface area contributed by atoms with Crippen LogP contribution in [0.5, 0.6) is 0 Å². The lowest BCUT2D eigenvalue weighted by molar-refractivity contribution is 0.146. The zero-order valence-corrected chi connectivity index (χ0v) is 10.1. The molecule has 0 heterocycles. The first-order valence-electron chi connectivity index (χ1n) is 5.32. The van der Waals surface area contributed by atoms with Crippen molar-refractivity contribution in [1.82, 2.24) is 0 Å². The second kappa shape index (κ2) is 4.77. The highest BCUT2D eigenvalue weighted by molar-refractivity contribution is 5.30. The van der Waals surface area contributed by atoms with Crippen LogP contribution in [-0.2, 0) is 10.2 Å². The van der Waals surface area contributed by atoms with Crippen LogP contribution in [0.4, 0.5) is 0 Å². The first-order chi connectivity index (χ1) is 6.97. The third-order valence-electron chi connectivity index (χ3n) is 2.70. The molecule has 0 saturated carbocycles. The molecule has 1 aromatic rings. The van der Waals surface area contributed by atoms with E-state index in [9.17, 15) is 0 Å². The van der Waals surface area contributed by atoms with E-state index in [-0.39, 0.29) is 11.5 Å².